The van der Waals surface area contributed by atoms with Crippen molar-refractivity contribution in [1.29, 1.82) is 0 Å². The Morgan fingerprint density at radius 1 is 1.10 bits per heavy atom. The number of para-hydroxylation sites is 1. The van der Waals surface area contributed by atoms with Crippen LogP contribution in [0.1, 0.15) is 24.2 Å². The lowest BCUT2D eigenvalue weighted by atomic mass is 10.0. The number of hydrogen-bond acceptors (Lipinski definition) is 4. The minimum atomic E-state index is -0.209. The molecule has 0 radical (unpaired) electrons. The highest BCUT2D eigenvalue weighted by molar-refractivity contribution is 5.90. The fraction of sp³-hybridized carbons (Fsp3) is 0.0800. The van der Waals surface area contributed by atoms with Gasteiger partial charge in [0, 0.05) is 17.6 Å². The van der Waals surface area contributed by atoms with Gasteiger partial charge in [0.1, 0.15) is 5.52 Å². The van der Waals surface area contributed by atoms with Crippen LogP contribution in [-0.4, -0.2) is 19.5 Å². The summed E-state index contributed by atoms with van der Waals surface area (Å²) >= 11 is 0. The van der Waals surface area contributed by atoms with Crippen molar-refractivity contribution in [1.82, 2.24) is 19.5 Å². The third-order valence-electron chi connectivity index (χ3n) is 5.48. The second-order valence-electron chi connectivity index (χ2n) is 7.39. The van der Waals surface area contributed by atoms with E-state index in [0.717, 1.165) is 33.4 Å². The van der Waals surface area contributed by atoms with Crippen molar-refractivity contribution in [3.05, 3.63) is 101 Å². The van der Waals surface area contributed by atoms with Crippen LogP contribution < -0.4 is 10.9 Å². The number of H-pyrrole nitrogens is 1. The first kappa shape index (κ1) is 18.8. The zero-order valence-electron chi connectivity index (χ0n) is 17.0. The van der Waals surface area contributed by atoms with Gasteiger partial charge >= 0.3 is 0 Å². The summed E-state index contributed by atoms with van der Waals surface area (Å²) in [5, 5.41) is 4.98. The maximum absolute atomic E-state index is 13.7. The molecule has 5 rings (SSSR count). The number of nitrogens with one attached hydrogen (secondary N) is 2. The van der Waals surface area contributed by atoms with Crippen molar-refractivity contribution in [2.75, 3.05) is 5.32 Å². The quantitative estimate of drug-likeness (QED) is 0.426. The Bertz CT molecular complexity index is 1470. The molecule has 0 fully saturated rings. The number of nitrogens with zero attached hydrogens (tertiary/aromatic N) is 3. The Labute approximate surface area is 178 Å². The first-order chi connectivity index (χ1) is 15.2. The zero-order valence-corrected chi connectivity index (χ0v) is 17.0. The van der Waals surface area contributed by atoms with Crippen molar-refractivity contribution in [3.63, 3.8) is 0 Å². The summed E-state index contributed by atoms with van der Waals surface area (Å²) in [6, 6.07) is 19.2. The molecule has 3 aromatic heterocycles. The molecule has 1 atom stereocenters. The monoisotopic (exact) mass is 407 g/mol. The van der Waals surface area contributed by atoms with Gasteiger partial charge in [-0.2, -0.15) is 0 Å². The highest BCUT2D eigenvalue weighted by atomic mass is 16.1. The van der Waals surface area contributed by atoms with E-state index in [-0.39, 0.29) is 11.6 Å². The van der Waals surface area contributed by atoms with E-state index in [1.807, 2.05) is 61.5 Å². The van der Waals surface area contributed by atoms with E-state index in [2.05, 4.69) is 32.9 Å². The summed E-state index contributed by atoms with van der Waals surface area (Å²) in [6.07, 6.45) is 5.11. The number of hydrogen-bond donors (Lipinski definition) is 2. The molecule has 31 heavy (non-hydrogen) atoms. The lowest BCUT2D eigenvalue weighted by molar-refractivity contribution is 0.774. The number of aromatic nitrogens is 4. The Morgan fingerprint density at radius 3 is 2.74 bits per heavy atom. The Balaban J connectivity index is 1.73. The Kier molecular flexibility index (Phi) is 4.59. The first-order valence-corrected chi connectivity index (χ1v) is 10.1. The molecule has 0 spiro atoms. The smallest absolute Gasteiger partial charge is 0.263 e. The number of rotatable bonds is 5. The van der Waals surface area contributed by atoms with E-state index >= 15 is 0 Å². The van der Waals surface area contributed by atoms with Gasteiger partial charge in [0.15, 0.2) is 5.82 Å². The van der Waals surface area contributed by atoms with E-state index in [9.17, 15) is 4.79 Å². The van der Waals surface area contributed by atoms with E-state index in [4.69, 9.17) is 0 Å². The molecule has 0 saturated heterocycles. The van der Waals surface area contributed by atoms with Gasteiger partial charge in [-0.1, -0.05) is 49.1 Å². The van der Waals surface area contributed by atoms with Crippen LogP contribution in [0.4, 0.5) is 5.82 Å². The van der Waals surface area contributed by atoms with Gasteiger partial charge in [0.05, 0.1) is 23.3 Å². The van der Waals surface area contributed by atoms with Gasteiger partial charge in [-0.3, -0.25) is 9.36 Å². The molecular weight excluding hydrogens is 386 g/mol. The molecule has 0 unspecified atom stereocenters. The number of pyridine rings is 2. The minimum absolute atomic E-state index is 0.0752. The topological polar surface area (TPSA) is 75.6 Å². The largest absolute Gasteiger partial charge is 0.360 e. The van der Waals surface area contributed by atoms with Gasteiger partial charge in [-0.25, -0.2) is 9.97 Å². The van der Waals surface area contributed by atoms with Crippen LogP contribution in [0.2, 0.25) is 0 Å². The number of aromatic amines is 1. The molecule has 0 bridgehead atoms. The van der Waals surface area contributed by atoms with Gasteiger partial charge in [0.25, 0.3) is 5.56 Å². The molecular formula is C25H21N5O. The van der Waals surface area contributed by atoms with Crippen molar-refractivity contribution >= 4 is 33.7 Å². The predicted octanol–water partition coefficient (Wildman–Crippen LogP) is 5.08. The number of fused-ring (bicyclic) bond motifs is 2. The molecule has 0 amide bonds. The second-order valence-corrected chi connectivity index (χ2v) is 7.39. The van der Waals surface area contributed by atoms with Crippen molar-refractivity contribution in [3.8, 4) is 5.69 Å². The summed E-state index contributed by atoms with van der Waals surface area (Å²) < 4.78 is 1.76. The molecule has 6 heteroatoms. The van der Waals surface area contributed by atoms with E-state index in [0.29, 0.717) is 11.2 Å². The molecule has 6 nitrogen and oxygen atoms in total. The van der Waals surface area contributed by atoms with Crippen molar-refractivity contribution < 1.29 is 0 Å². The molecule has 2 aromatic carbocycles. The molecule has 0 saturated carbocycles. The lowest BCUT2D eigenvalue weighted by Crippen LogP contribution is -2.26. The van der Waals surface area contributed by atoms with E-state index < -0.39 is 0 Å². The van der Waals surface area contributed by atoms with Gasteiger partial charge in [-0.15, -0.1) is 0 Å². The Hall–Kier alpha value is -4.19. The summed E-state index contributed by atoms with van der Waals surface area (Å²) in [5.74, 6) is 0.665. The van der Waals surface area contributed by atoms with Gasteiger partial charge in [0.2, 0.25) is 0 Å². The van der Waals surface area contributed by atoms with Crippen LogP contribution in [0.15, 0.2) is 84.6 Å². The molecule has 2 N–H and O–H groups in total. The van der Waals surface area contributed by atoms with Crippen LogP contribution in [0, 0.1) is 0 Å². The number of anilines is 1. The molecule has 0 aliphatic heterocycles. The minimum Gasteiger partial charge on any atom is -0.360 e. The van der Waals surface area contributed by atoms with E-state index in [1.165, 1.54) is 0 Å². The molecule has 0 aliphatic carbocycles. The first-order valence-electron chi connectivity index (χ1n) is 10.1. The average Bonchev–Trinajstić information content (AvgIpc) is 3.29. The standard InChI is InChI=1S/C25H21N5O/c1-3-17-8-7-9-18-14-21(30(25(31)22(17)18)19-10-5-4-6-11-19)16(2)29-24-23-20(12-13-26-24)27-15-28-23/h3-16H,1H2,2H3,(H,26,29)(H,27,28)/t16-/m0/s1. The number of imidazole rings is 1. The second kappa shape index (κ2) is 7.57. The fourth-order valence-electron chi connectivity index (χ4n) is 3.99. The number of benzene rings is 2. The highest BCUT2D eigenvalue weighted by Gasteiger charge is 2.18. The molecule has 152 valence electrons. The zero-order chi connectivity index (χ0) is 21.4. The van der Waals surface area contributed by atoms with Crippen LogP contribution >= 0.6 is 0 Å². The maximum Gasteiger partial charge on any atom is 0.263 e. The third-order valence-corrected chi connectivity index (χ3v) is 5.48. The summed E-state index contributed by atoms with van der Waals surface area (Å²) in [5.41, 5.74) is 4.05. The maximum atomic E-state index is 13.7. The van der Waals surface area contributed by atoms with E-state index in [1.54, 1.807) is 23.2 Å². The normalized spacial score (nSPS) is 12.2. The van der Waals surface area contributed by atoms with Crippen LogP contribution in [0.5, 0.6) is 0 Å². The summed E-state index contributed by atoms with van der Waals surface area (Å²) in [7, 11) is 0. The van der Waals surface area contributed by atoms with Gasteiger partial charge in [-0.05, 0) is 42.1 Å². The van der Waals surface area contributed by atoms with Crippen molar-refractivity contribution in [2.45, 2.75) is 13.0 Å². The predicted molar refractivity (Wildman–Crippen MR) is 126 cm³/mol. The summed E-state index contributed by atoms with van der Waals surface area (Å²) in [6.45, 7) is 5.90. The lowest BCUT2D eigenvalue weighted by Gasteiger charge is -2.22. The highest BCUT2D eigenvalue weighted by Crippen LogP contribution is 2.27. The van der Waals surface area contributed by atoms with Crippen LogP contribution in [0.3, 0.4) is 0 Å². The third kappa shape index (κ3) is 3.18. The summed E-state index contributed by atoms with van der Waals surface area (Å²) in [4.78, 5) is 25.7. The Morgan fingerprint density at radius 2 is 1.94 bits per heavy atom. The van der Waals surface area contributed by atoms with Gasteiger partial charge < -0.3 is 10.3 Å². The SMILES string of the molecule is C=Cc1cccc2cc([C@H](C)Nc3nccc4[nH]cnc34)n(-c3ccccc3)c(=O)c12. The van der Waals surface area contributed by atoms with Crippen LogP contribution in [-0.2, 0) is 0 Å². The average molecular weight is 407 g/mol. The van der Waals surface area contributed by atoms with Crippen molar-refractivity contribution in [2.24, 2.45) is 0 Å². The molecule has 3 heterocycles. The van der Waals surface area contributed by atoms with Crippen LogP contribution in [0.25, 0.3) is 33.6 Å². The molecule has 0 aliphatic rings. The molecule has 5 aromatic rings. The fourth-order valence-corrected chi connectivity index (χ4v) is 3.99.